The fourth-order valence-electron chi connectivity index (χ4n) is 4.12. The van der Waals surface area contributed by atoms with Crippen molar-refractivity contribution in [1.82, 2.24) is 9.88 Å². The van der Waals surface area contributed by atoms with Crippen LogP contribution in [0.3, 0.4) is 0 Å². The first kappa shape index (κ1) is 17.0. The van der Waals surface area contributed by atoms with Crippen molar-refractivity contribution in [2.75, 3.05) is 6.54 Å². The first-order chi connectivity index (χ1) is 12.8. The second-order valence-electron chi connectivity index (χ2n) is 6.95. The number of benzene rings is 2. The zero-order valence-corrected chi connectivity index (χ0v) is 14.8. The summed E-state index contributed by atoms with van der Waals surface area (Å²) in [4.78, 5) is 6.86. The average Bonchev–Trinajstić information content (AvgIpc) is 3.18. The minimum atomic E-state index is -1.03. The average molecular weight is 344 g/mol. The van der Waals surface area contributed by atoms with E-state index in [1.165, 1.54) is 0 Å². The molecule has 1 aromatic heterocycles. The Morgan fingerprint density at radius 3 is 2.08 bits per heavy atom. The van der Waals surface area contributed by atoms with Crippen molar-refractivity contribution < 1.29 is 5.11 Å². The summed E-state index contributed by atoms with van der Waals surface area (Å²) >= 11 is 0. The molecule has 1 saturated heterocycles. The van der Waals surface area contributed by atoms with Gasteiger partial charge in [-0.1, -0.05) is 66.7 Å². The number of hydrogen-bond donors (Lipinski definition) is 1. The lowest BCUT2D eigenvalue weighted by Crippen LogP contribution is -2.48. The number of aromatic nitrogens is 1. The van der Waals surface area contributed by atoms with Crippen molar-refractivity contribution in [3.8, 4) is 0 Å². The molecule has 1 N–H and O–H groups in total. The lowest BCUT2D eigenvalue weighted by atomic mass is 9.79. The van der Waals surface area contributed by atoms with Crippen molar-refractivity contribution in [2.45, 2.75) is 31.0 Å². The summed E-state index contributed by atoms with van der Waals surface area (Å²) in [5.74, 6) is 0. The van der Waals surface area contributed by atoms with E-state index in [1.807, 2.05) is 79.0 Å². The molecule has 1 aliphatic rings. The number of rotatable bonds is 5. The van der Waals surface area contributed by atoms with Crippen LogP contribution in [0.1, 0.15) is 29.7 Å². The molecule has 3 nitrogen and oxygen atoms in total. The molecule has 2 aromatic carbocycles. The molecule has 1 unspecified atom stereocenters. The Kier molecular flexibility index (Phi) is 4.83. The number of nitrogens with zero attached hydrogens (tertiary/aromatic N) is 2. The van der Waals surface area contributed by atoms with E-state index >= 15 is 0 Å². The quantitative estimate of drug-likeness (QED) is 0.760. The maximum atomic E-state index is 12.0. The van der Waals surface area contributed by atoms with E-state index in [9.17, 15) is 5.11 Å². The Morgan fingerprint density at radius 2 is 1.50 bits per heavy atom. The maximum Gasteiger partial charge on any atom is 0.130 e. The van der Waals surface area contributed by atoms with Crippen LogP contribution in [0.25, 0.3) is 0 Å². The van der Waals surface area contributed by atoms with Gasteiger partial charge in [0.1, 0.15) is 5.60 Å². The molecule has 3 aromatic rings. The van der Waals surface area contributed by atoms with E-state index in [2.05, 4.69) is 16.0 Å². The van der Waals surface area contributed by atoms with Gasteiger partial charge in [0.15, 0.2) is 0 Å². The van der Waals surface area contributed by atoms with Gasteiger partial charge in [0.2, 0.25) is 0 Å². The van der Waals surface area contributed by atoms with E-state index in [-0.39, 0.29) is 6.04 Å². The van der Waals surface area contributed by atoms with Crippen molar-refractivity contribution in [3.05, 3.63) is 102 Å². The molecular formula is C23H24N2O. The Labute approximate surface area is 155 Å². The first-order valence-corrected chi connectivity index (χ1v) is 9.26. The normalized spacial score (nSPS) is 18.1. The van der Waals surface area contributed by atoms with E-state index in [0.717, 1.165) is 42.8 Å². The smallest absolute Gasteiger partial charge is 0.130 e. The predicted molar refractivity (Wildman–Crippen MR) is 104 cm³/mol. The Balaban J connectivity index is 1.74. The zero-order valence-electron chi connectivity index (χ0n) is 14.8. The summed E-state index contributed by atoms with van der Waals surface area (Å²) in [6, 6.07) is 26.2. The minimum Gasteiger partial charge on any atom is -0.379 e. The number of likely N-dealkylation sites (tertiary alicyclic amines) is 1. The fourth-order valence-corrected chi connectivity index (χ4v) is 4.12. The third-order valence-corrected chi connectivity index (χ3v) is 5.36. The van der Waals surface area contributed by atoms with Gasteiger partial charge in [-0.3, -0.25) is 9.88 Å². The van der Waals surface area contributed by atoms with Crippen molar-refractivity contribution >= 4 is 0 Å². The fraction of sp³-hybridized carbons (Fsp3) is 0.261. The highest BCUT2D eigenvalue weighted by molar-refractivity contribution is 5.38. The topological polar surface area (TPSA) is 36.4 Å². The second-order valence-corrected chi connectivity index (χ2v) is 6.95. The largest absolute Gasteiger partial charge is 0.379 e. The molecule has 0 spiro atoms. The van der Waals surface area contributed by atoms with E-state index in [0.29, 0.717) is 0 Å². The van der Waals surface area contributed by atoms with Crippen molar-refractivity contribution in [3.63, 3.8) is 0 Å². The van der Waals surface area contributed by atoms with Crippen molar-refractivity contribution in [2.24, 2.45) is 0 Å². The monoisotopic (exact) mass is 344 g/mol. The summed E-state index contributed by atoms with van der Waals surface area (Å²) in [5.41, 5.74) is 1.91. The lowest BCUT2D eigenvalue weighted by Gasteiger charge is -2.40. The van der Waals surface area contributed by atoms with Gasteiger partial charge in [-0.25, -0.2) is 0 Å². The van der Waals surface area contributed by atoms with Gasteiger partial charge in [-0.15, -0.1) is 0 Å². The summed E-state index contributed by atoms with van der Waals surface area (Å²) in [6.07, 6.45) is 3.88. The zero-order chi connectivity index (χ0) is 17.8. The third-order valence-electron chi connectivity index (χ3n) is 5.36. The Morgan fingerprint density at radius 1 is 0.885 bits per heavy atom. The maximum absolute atomic E-state index is 12.0. The highest BCUT2D eigenvalue weighted by atomic mass is 16.3. The molecule has 0 bridgehead atoms. The molecule has 0 saturated carbocycles. The minimum absolute atomic E-state index is 0.0225. The van der Waals surface area contributed by atoms with E-state index < -0.39 is 5.60 Å². The van der Waals surface area contributed by atoms with Gasteiger partial charge >= 0.3 is 0 Å². The molecule has 0 radical (unpaired) electrons. The predicted octanol–water partition coefficient (Wildman–Crippen LogP) is 3.98. The number of pyridine rings is 1. The van der Waals surface area contributed by atoms with Crippen LogP contribution in [0.2, 0.25) is 0 Å². The Bertz CT molecular complexity index is 781. The molecule has 3 heteroatoms. The number of aliphatic hydroxyl groups is 1. The molecule has 0 amide bonds. The molecule has 4 rings (SSSR count). The third kappa shape index (κ3) is 3.16. The van der Waals surface area contributed by atoms with Crippen LogP contribution < -0.4 is 0 Å². The van der Waals surface area contributed by atoms with Crippen LogP contribution >= 0.6 is 0 Å². The van der Waals surface area contributed by atoms with Crippen LogP contribution in [-0.4, -0.2) is 27.6 Å². The van der Waals surface area contributed by atoms with Crippen LogP contribution in [0.5, 0.6) is 0 Å². The highest BCUT2D eigenvalue weighted by Crippen LogP contribution is 2.40. The molecule has 2 heterocycles. The molecule has 1 atom stereocenters. The van der Waals surface area contributed by atoms with Gasteiger partial charge in [0.05, 0.1) is 5.69 Å². The molecular weight excluding hydrogens is 320 g/mol. The van der Waals surface area contributed by atoms with Gasteiger partial charge in [0, 0.05) is 18.8 Å². The van der Waals surface area contributed by atoms with Gasteiger partial charge < -0.3 is 5.11 Å². The van der Waals surface area contributed by atoms with Crippen LogP contribution in [0.4, 0.5) is 0 Å². The Hall–Kier alpha value is -2.49. The molecule has 26 heavy (non-hydrogen) atoms. The molecule has 1 fully saturated rings. The summed E-state index contributed by atoms with van der Waals surface area (Å²) < 4.78 is 0. The SMILES string of the molecule is OC(c1ccccc1)(c1ccccc1)C1CCCN1Cc1ccccn1. The van der Waals surface area contributed by atoms with E-state index in [4.69, 9.17) is 0 Å². The first-order valence-electron chi connectivity index (χ1n) is 9.26. The summed E-state index contributed by atoms with van der Waals surface area (Å²) in [7, 11) is 0. The standard InChI is InChI=1S/C23H24N2O/c26-23(19-10-3-1-4-11-19,20-12-5-2-6-13-20)22-15-9-17-25(22)18-21-14-7-8-16-24-21/h1-8,10-14,16,22,26H,9,15,17-18H2. The van der Waals surface area contributed by atoms with Crippen LogP contribution in [0.15, 0.2) is 85.1 Å². The van der Waals surface area contributed by atoms with E-state index in [1.54, 1.807) is 0 Å². The van der Waals surface area contributed by atoms with Gasteiger partial charge in [-0.05, 0) is 42.6 Å². The van der Waals surface area contributed by atoms with Crippen LogP contribution in [0, 0.1) is 0 Å². The van der Waals surface area contributed by atoms with Crippen LogP contribution in [-0.2, 0) is 12.1 Å². The van der Waals surface area contributed by atoms with Gasteiger partial charge in [-0.2, -0.15) is 0 Å². The molecule has 0 aliphatic carbocycles. The number of hydrogen-bond acceptors (Lipinski definition) is 3. The second kappa shape index (κ2) is 7.40. The van der Waals surface area contributed by atoms with Crippen molar-refractivity contribution in [1.29, 1.82) is 0 Å². The highest BCUT2D eigenvalue weighted by Gasteiger charge is 2.45. The lowest BCUT2D eigenvalue weighted by molar-refractivity contribution is -0.00688. The van der Waals surface area contributed by atoms with Gasteiger partial charge in [0.25, 0.3) is 0 Å². The summed E-state index contributed by atoms with van der Waals surface area (Å²) in [6.45, 7) is 1.73. The molecule has 1 aliphatic heterocycles. The molecule has 132 valence electrons. The summed E-state index contributed by atoms with van der Waals surface area (Å²) in [5, 5.41) is 12.0.